The van der Waals surface area contributed by atoms with Gasteiger partial charge in [0.05, 0.1) is 19.1 Å². The first kappa shape index (κ1) is 16.4. The van der Waals surface area contributed by atoms with Gasteiger partial charge in [-0.25, -0.2) is 0 Å². The minimum atomic E-state index is 0.338. The number of guanidine groups is 1. The van der Waals surface area contributed by atoms with Crippen LogP contribution in [-0.4, -0.2) is 43.6 Å². The van der Waals surface area contributed by atoms with Crippen molar-refractivity contribution >= 4 is 5.96 Å². The summed E-state index contributed by atoms with van der Waals surface area (Å²) in [6.45, 7) is 6.43. The molecule has 1 unspecified atom stereocenters. The molecule has 0 bridgehead atoms. The fourth-order valence-electron chi connectivity index (χ4n) is 2.81. The molecule has 1 saturated heterocycles. The highest BCUT2D eigenvalue weighted by atomic mass is 15.2. The average Bonchev–Trinajstić information content (AvgIpc) is 3.08. The Balaban J connectivity index is 2.09. The Hall–Kier alpha value is -1.99. The Morgan fingerprint density at radius 1 is 1.27 bits per heavy atom. The van der Waals surface area contributed by atoms with Gasteiger partial charge in [0.15, 0.2) is 5.96 Å². The number of terminal acetylenes is 1. The fraction of sp³-hybridized carbons (Fsp3) is 0.500. The predicted molar refractivity (Wildman–Crippen MR) is 92.8 cm³/mol. The molecule has 0 aliphatic carbocycles. The molecule has 4 nitrogen and oxygen atoms in total. The monoisotopic (exact) mass is 298 g/mol. The maximum atomic E-state index is 5.32. The molecule has 1 heterocycles. The Morgan fingerprint density at radius 2 is 2.00 bits per heavy atom. The standard InChI is InChI=1S/C18H26N4/c1-3-12-20-18(19-4-2)21-15-17(22-13-8-9-14-22)16-10-6-5-7-11-16/h1,5-7,10-11,17H,4,8-9,12-15H2,2H3,(H2,19,20,21). The van der Waals surface area contributed by atoms with Crippen LogP contribution in [0.5, 0.6) is 0 Å². The lowest BCUT2D eigenvalue weighted by atomic mass is 10.1. The van der Waals surface area contributed by atoms with E-state index in [1.807, 2.05) is 0 Å². The third-order valence-electron chi connectivity index (χ3n) is 3.89. The number of aliphatic imine (C=N–C) groups is 1. The van der Waals surface area contributed by atoms with E-state index in [0.29, 0.717) is 12.6 Å². The summed E-state index contributed by atoms with van der Waals surface area (Å²) in [5.74, 6) is 3.38. The van der Waals surface area contributed by atoms with Gasteiger partial charge in [-0.1, -0.05) is 36.3 Å². The van der Waals surface area contributed by atoms with E-state index in [2.05, 4.69) is 58.7 Å². The SMILES string of the molecule is C#CCNC(=NCC(c1ccccc1)N1CCCC1)NCC. The van der Waals surface area contributed by atoms with Crippen LogP contribution in [0.4, 0.5) is 0 Å². The number of nitrogens with zero attached hydrogens (tertiary/aromatic N) is 2. The topological polar surface area (TPSA) is 39.7 Å². The van der Waals surface area contributed by atoms with E-state index >= 15 is 0 Å². The van der Waals surface area contributed by atoms with E-state index in [4.69, 9.17) is 11.4 Å². The lowest BCUT2D eigenvalue weighted by Crippen LogP contribution is -2.38. The molecule has 1 aromatic carbocycles. The van der Waals surface area contributed by atoms with Crippen LogP contribution in [0.2, 0.25) is 0 Å². The first-order valence-corrected chi connectivity index (χ1v) is 8.09. The molecule has 22 heavy (non-hydrogen) atoms. The summed E-state index contributed by atoms with van der Waals surface area (Å²) in [6.07, 6.45) is 7.88. The van der Waals surface area contributed by atoms with Gasteiger partial charge in [-0.15, -0.1) is 6.42 Å². The third-order valence-corrected chi connectivity index (χ3v) is 3.89. The molecule has 0 amide bonds. The number of nitrogens with one attached hydrogen (secondary N) is 2. The molecule has 118 valence electrons. The van der Waals surface area contributed by atoms with Crippen molar-refractivity contribution in [3.8, 4) is 12.3 Å². The van der Waals surface area contributed by atoms with Crippen molar-refractivity contribution in [3.63, 3.8) is 0 Å². The second-order valence-corrected chi connectivity index (χ2v) is 5.45. The summed E-state index contributed by atoms with van der Waals surface area (Å²) in [5.41, 5.74) is 1.33. The minimum absolute atomic E-state index is 0.338. The molecule has 0 radical (unpaired) electrons. The van der Waals surface area contributed by atoms with Crippen LogP contribution in [-0.2, 0) is 0 Å². The van der Waals surface area contributed by atoms with Gasteiger partial charge in [-0.3, -0.25) is 9.89 Å². The van der Waals surface area contributed by atoms with Gasteiger partial charge in [0, 0.05) is 6.54 Å². The summed E-state index contributed by atoms with van der Waals surface area (Å²) < 4.78 is 0. The lowest BCUT2D eigenvalue weighted by Gasteiger charge is -2.27. The van der Waals surface area contributed by atoms with E-state index in [1.165, 1.54) is 18.4 Å². The molecular formula is C18H26N4. The molecular weight excluding hydrogens is 272 g/mol. The van der Waals surface area contributed by atoms with Crippen molar-refractivity contribution in [1.29, 1.82) is 0 Å². The van der Waals surface area contributed by atoms with Crippen LogP contribution in [0.1, 0.15) is 31.4 Å². The number of likely N-dealkylation sites (tertiary alicyclic amines) is 1. The van der Waals surface area contributed by atoms with Crippen molar-refractivity contribution in [2.24, 2.45) is 4.99 Å². The Morgan fingerprint density at radius 3 is 2.64 bits per heavy atom. The molecule has 0 saturated carbocycles. The van der Waals surface area contributed by atoms with Gasteiger partial charge in [-0.05, 0) is 38.4 Å². The highest BCUT2D eigenvalue weighted by molar-refractivity contribution is 5.80. The van der Waals surface area contributed by atoms with Crippen molar-refractivity contribution in [2.75, 3.05) is 32.7 Å². The summed E-state index contributed by atoms with van der Waals surface area (Å²) >= 11 is 0. The molecule has 1 aliphatic rings. The highest BCUT2D eigenvalue weighted by Crippen LogP contribution is 2.25. The number of hydrogen-bond donors (Lipinski definition) is 2. The van der Waals surface area contributed by atoms with E-state index in [0.717, 1.165) is 32.1 Å². The Labute approximate surface area is 134 Å². The third kappa shape index (κ3) is 4.78. The molecule has 2 rings (SSSR count). The van der Waals surface area contributed by atoms with Crippen molar-refractivity contribution in [1.82, 2.24) is 15.5 Å². The Bertz CT molecular complexity index is 498. The zero-order valence-corrected chi connectivity index (χ0v) is 13.4. The molecule has 0 aromatic heterocycles. The highest BCUT2D eigenvalue weighted by Gasteiger charge is 2.23. The molecule has 4 heteroatoms. The van der Waals surface area contributed by atoms with Crippen LogP contribution >= 0.6 is 0 Å². The quantitative estimate of drug-likeness (QED) is 0.479. The Kier molecular flexibility index (Phi) is 6.79. The van der Waals surface area contributed by atoms with Crippen molar-refractivity contribution in [3.05, 3.63) is 35.9 Å². The largest absolute Gasteiger partial charge is 0.357 e. The van der Waals surface area contributed by atoms with Crippen LogP contribution in [0.25, 0.3) is 0 Å². The molecule has 1 aliphatic heterocycles. The van der Waals surface area contributed by atoms with Gasteiger partial charge in [0.2, 0.25) is 0 Å². The molecule has 0 spiro atoms. The smallest absolute Gasteiger partial charge is 0.192 e. The number of rotatable bonds is 6. The normalized spacial score (nSPS) is 17.0. The molecule has 2 N–H and O–H groups in total. The summed E-state index contributed by atoms with van der Waals surface area (Å²) in [6, 6.07) is 11.0. The van der Waals surface area contributed by atoms with Gasteiger partial charge < -0.3 is 10.6 Å². The van der Waals surface area contributed by atoms with E-state index < -0.39 is 0 Å². The molecule has 1 atom stereocenters. The first-order valence-electron chi connectivity index (χ1n) is 8.09. The average molecular weight is 298 g/mol. The van der Waals surface area contributed by atoms with Crippen LogP contribution < -0.4 is 10.6 Å². The second-order valence-electron chi connectivity index (χ2n) is 5.45. The maximum absolute atomic E-state index is 5.32. The van der Waals surface area contributed by atoms with Crippen molar-refractivity contribution in [2.45, 2.75) is 25.8 Å². The zero-order valence-electron chi connectivity index (χ0n) is 13.4. The predicted octanol–water partition coefficient (Wildman–Crippen LogP) is 2.01. The van der Waals surface area contributed by atoms with Crippen LogP contribution in [0.3, 0.4) is 0 Å². The van der Waals surface area contributed by atoms with E-state index in [9.17, 15) is 0 Å². The van der Waals surface area contributed by atoms with Gasteiger partial charge in [0.1, 0.15) is 0 Å². The van der Waals surface area contributed by atoms with Gasteiger partial charge in [-0.2, -0.15) is 0 Å². The second kappa shape index (κ2) is 9.11. The fourth-order valence-corrected chi connectivity index (χ4v) is 2.81. The van der Waals surface area contributed by atoms with E-state index in [-0.39, 0.29) is 0 Å². The summed E-state index contributed by atoms with van der Waals surface area (Å²) in [4.78, 5) is 7.26. The number of benzene rings is 1. The van der Waals surface area contributed by atoms with Crippen LogP contribution in [0, 0.1) is 12.3 Å². The minimum Gasteiger partial charge on any atom is -0.357 e. The molecule has 1 aromatic rings. The van der Waals surface area contributed by atoms with Gasteiger partial charge >= 0.3 is 0 Å². The summed E-state index contributed by atoms with van der Waals surface area (Å²) in [5, 5.41) is 6.39. The zero-order chi connectivity index (χ0) is 15.6. The van der Waals surface area contributed by atoms with E-state index in [1.54, 1.807) is 0 Å². The van der Waals surface area contributed by atoms with Gasteiger partial charge in [0.25, 0.3) is 0 Å². The molecule has 1 fully saturated rings. The van der Waals surface area contributed by atoms with Crippen LogP contribution in [0.15, 0.2) is 35.3 Å². The van der Waals surface area contributed by atoms with Crippen molar-refractivity contribution < 1.29 is 0 Å². The first-order chi connectivity index (χ1) is 10.8. The number of hydrogen-bond acceptors (Lipinski definition) is 2. The lowest BCUT2D eigenvalue weighted by molar-refractivity contribution is 0.251. The maximum Gasteiger partial charge on any atom is 0.192 e. The summed E-state index contributed by atoms with van der Waals surface area (Å²) in [7, 11) is 0.